The molecule has 2 rings (SSSR count). The van der Waals surface area contributed by atoms with Crippen LogP contribution in [-0.2, 0) is 0 Å². The predicted octanol–water partition coefficient (Wildman–Crippen LogP) is 2.33. The van der Waals surface area contributed by atoms with E-state index in [1.807, 2.05) is 19.9 Å². The van der Waals surface area contributed by atoms with E-state index in [0.717, 1.165) is 36.3 Å². The van der Waals surface area contributed by atoms with Crippen LogP contribution in [0.15, 0.2) is 6.07 Å². The SMILES string of the molecule is Cc1cc(C)nc(N2CCC[C@@H](C)C2)n1. The quantitative estimate of drug-likeness (QED) is 0.704. The van der Waals surface area contributed by atoms with Crippen molar-refractivity contribution in [3.63, 3.8) is 0 Å². The number of hydrogen-bond acceptors (Lipinski definition) is 3. The maximum Gasteiger partial charge on any atom is 0.225 e. The molecule has 1 atom stereocenters. The number of nitrogens with zero attached hydrogens (tertiary/aromatic N) is 3. The number of hydrogen-bond donors (Lipinski definition) is 0. The van der Waals surface area contributed by atoms with Gasteiger partial charge in [0.2, 0.25) is 5.95 Å². The molecule has 1 fully saturated rings. The Morgan fingerprint density at radius 3 is 2.53 bits per heavy atom. The highest BCUT2D eigenvalue weighted by Gasteiger charge is 2.18. The van der Waals surface area contributed by atoms with Crippen molar-refractivity contribution < 1.29 is 0 Å². The molecule has 82 valence electrons. The second-order valence-corrected chi connectivity index (χ2v) is 4.64. The molecule has 1 aliphatic rings. The van der Waals surface area contributed by atoms with Crippen molar-refractivity contribution in [3.05, 3.63) is 17.5 Å². The molecule has 1 aromatic heterocycles. The number of aryl methyl sites for hydroxylation is 2. The summed E-state index contributed by atoms with van der Waals surface area (Å²) in [5, 5.41) is 0. The third-order valence-electron chi connectivity index (χ3n) is 2.91. The van der Waals surface area contributed by atoms with Gasteiger partial charge in [0.15, 0.2) is 0 Å². The lowest BCUT2D eigenvalue weighted by molar-refractivity contribution is 0.441. The van der Waals surface area contributed by atoms with Crippen LogP contribution >= 0.6 is 0 Å². The molecule has 0 unspecified atom stereocenters. The molecule has 0 aliphatic carbocycles. The molecule has 0 N–H and O–H groups in total. The summed E-state index contributed by atoms with van der Waals surface area (Å²) in [6, 6.07) is 2.02. The van der Waals surface area contributed by atoms with Crippen molar-refractivity contribution in [2.45, 2.75) is 33.6 Å². The molecule has 2 heterocycles. The minimum absolute atomic E-state index is 0.767. The van der Waals surface area contributed by atoms with Crippen LogP contribution in [0.3, 0.4) is 0 Å². The first kappa shape index (κ1) is 10.4. The molecule has 1 saturated heterocycles. The average Bonchev–Trinajstić information content (AvgIpc) is 2.16. The monoisotopic (exact) mass is 205 g/mol. The van der Waals surface area contributed by atoms with Crippen molar-refractivity contribution in [2.24, 2.45) is 5.92 Å². The summed E-state index contributed by atoms with van der Waals surface area (Å²) in [6.45, 7) is 8.57. The zero-order valence-electron chi connectivity index (χ0n) is 9.82. The fourth-order valence-electron chi connectivity index (χ4n) is 2.22. The molecule has 0 bridgehead atoms. The van der Waals surface area contributed by atoms with Crippen LogP contribution in [0.2, 0.25) is 0 Å². The Kier molecular flexibility index (Phi) is 2.89. The lowest BCUT2D eigenvalue weighted by atomic mass is 10.0. The van der Waals surface area contributed by atoms with Gasteiger partial charge in [-0.2, -0.15) is 0 Å². The first-order chi connectivity index (χ1) is 7.15. The maximum absolute atomic E-state index is 4.51. The summed E-state index contributed by atoms with van der Waals surface area (Å²) < 4.78 is 0. The third kappa shape index (κ3) is 2.46. The number of piperidine rings is 1. The fraction of sp³-hybridized carbons (Fsp3) is 0.667. The van der Waals surface area contributed by atoms with E-state index in [0.29, 0.717) is 0 Å². The summed E-state index contributed by atoms with van der Waals surface area (Å²) in [5.74, 6) is 1.68. The van der Waals surface area contributed by atoms with E-state index in [9.17, 15) is 0 Å². The lowest BCUT2D eigenvalue weighted by Gasteiger charge is -2.31. The van der Waals surface area contributed by atoms with Crippen LogP contribution in [-0.4, -0.2) is 23.1 Å². The maximum atomic E-state index is 4.51. The van der Waals surface area contributed by atoms with E-state index >= 15 is 0 Å². The van der Waals surface area contributed by atoms with Crippen molar-refractivity contribution in [1.82, 2.24) is 9.97 Å². The normalized spacial score (nSPS) is 21.8. The standard InChI is InChI=1S/C12H19N3/c1-9-5-4-6-15(8-9)12-13-10(2)7-11(3)14-12/h7,9H,4-6,8H2,1-3H3/t9-/m1/s1. The Bertz CT molecular complexity index is 328. The summed E-state index contributed by atoms with van der Waals surface area (Å²) in [7, 11) is 0. The molecule has 0 aromatic carbocycles. The van der Waals surface area contributed by atoms with Gasteiger partial charge in [-0.05, 0) is 38.7 Å². The van der Waals surface area contributed by atoms with Crippen molar-refractivity contribution >= 4 is 5.95 Å². The van der Waals surface area contributed by atoms with Crippen LogP contribution in [0.5, 0.6) is 0 Å². The summed E-state index contributed by atoms with van der Waals surface area (Å²) in [4.78, 5) is 11.3. The zero-order chi connectivity index (χ0) is 10.8. The van der Waals surface area contributed by atoms with Gasteiger partial charge in [0.05, 0.1) is 0 Å². The van der Waals surface area contributed by atoms with Gasteiger partial charge in [-0.25, -0.2) is 9.97 Å². The molecule has 1 aromatic rings. The van der Waals surface area contributed by atoms with Gasteiger partial charge >= 0.3 is 0 Å². The zero-order valence-corrected chi connectivity index (χ0v) is 9.82. The summed E-state index contributed by atoms with van der Waals surface area (Å²) in [5.41, 5.74) is 2.13. The van der Waals surface area contributed by atoms with E-state index in [1.54, 1.807) is 0 Å². The smallest absolute Gasteiger partial charge is 0.225 e. The molecule has 15 heavy (non-hydrogen) atoms. The number of aromatic nitrogens is 2. The lowest BCUT2D eigenvalue weighted by Crippen LogP contribution is -2.35. The van der Waals surface area contributed by atoms with E-state index in [1.165, 1.54) is 12.8 Å². The van der Waals surface area contributed by atoms with Gasteiger partial charge in [0.25, 0.3) is 0 Å². The van der Waals surface area contributed by atoms with Crippen molar-refractivity contribution in [1.29, 1.82) is 0 Å². The number of anilines is 1. The van der Waals surface area contributed by atoms with Gasteiger partial charge in [-0.1, -0.05) is 6.92 Å². The van der Waals surface area contributed by atoms with Crippen LogP contribution in [0.4, 0.5) is 5.95 Å². The molecule has 0 amide bonds. The van der Waals surface area contributed by atoms with Gasteiger partial charge in [-0.15, -0.1) is 0 Å². The average molecular weight is 205 g/mol. The summed E-state index contributed by atoms with van der Waals surface area (Å²) in [6.07, 6.45) is 2.60. The Hall–Kier alpha value is -1.12. The molecular formula is C12H19N3. The van der Waals surface area contributed by atoms with Gasteiger partial charge in [0.1, 0.15) is 0 Å². The van der Waals surface area contributed by atoms with Crippen molar-refractivity contribution in [2.75, 3.05) is 18.0 Å². The van der Waals surface area contributed by atoms with Crippen LogP contribution < -0.4 is 4.90 Å². The topological polar surface area (TPSA) is 29.0 Å². The van der Waals surface area contributed by atoms with E-state index in [4.69, 9.17) is 0 Å². The first-order valence-electron chi connectivity index (χ1n) is 5.72. The molecule has 3 nitrogen and oxygen atoms in total. The van der Waals surface area contributed by atoms with Gasteiger partial charge < -0.3 is 4.90 Å². The summed E-state index contributed by atoms with van der Waals surface area (Å²) >= 11 is 0. The molecule has 0 spiro atoms. The molecule has 0 saturated carbocycles. The second kappa shape index (κ2) is 4.17. The largest absolute Gasteiger partial charge is 0.341 e. The Morgan fingerprint density at radius 2 is 1.93 bits per heavy atom. The third-order valence-corrected chi connectivity index (χ3v) is 2.91. The van der Waals surface area contributed by atoms with E-state index < -0.39 is 0 Å². The molecule has 1 aliphatic heterocycles. The predicted molar refractivity (Wildman–Crippen MR) is 62.1 cm³/mol. The Balaban J connectivity index is 2.20. The second-order valence-electron chi connectivity index (χ2n) is 4.64. The molecule has 0 radical (unpaired) electrons. The Labute approximate surface area is 91.5 Å². The van der Waals surface area contributed by atoms with Gasteiger partial charge in [-0.3, -0.25) is 0 Å². The van der Waals surface area contributed by atoms with Crippen LogP contribution in [0, 0.1) is 19.8 Å². The highest BCUT2D eigenvalue weighted by Crippen LogP contribution is 2.20. The van der Waals surface area contributed by atoms with E-state index in [2.05, 4.69) is 21.8 Å². The molecular weight excluding hydrogens is 186 g/mol. The highest BCUT2D eigenvalue weighted by atomic mass is 15.3. The highest BCUT2D eigenvalue weighted by molar-refractivity contribution is 5.32. The van der Waals surface area contributed by atoms with Gasteiger partial charge in [0, 0.05) is 24.5 Å². The minimum Gasteiger partial charge on any atom is -0.341 e. The van der Waals surface area contributed by atoms with Crippen LogP contribution in [0.25, 0.3) is 0 Å². The minimum atomic E-state index is 0.767. The van der Waals surface area contributed by atoms with Crippen molar-refractivity contribution in [3.8, 4) is 0 Å². The number of rotatable bonds is 1. The van der Waals surface area contributed by atoms with Crippen LogP contribution in [0.1, 0.15) is 31.2 Å². The van der Waals surface area contributed by atoms with E-state index in [-0.39, 0.29) is 0 Å². The fourth-order valence-corrected chi connectivity index (χ4v) is 2.22. The first-order valence-corrected chi connectivity index (χ1v) is 5.72. The molecule has 3 heteroatoms. The Morgan fingerprint density at radius 1 is 1.27 bits per heavy atom.